The van der Waals surface area contributed by atoms with Crippen molar-refractivity contribution in [3.63, 3.8) is 0 Å². The van der Waals surface area contributed by atoms with E-state index in [0.717, 1.165) is 15.9 Å². The van der Waals surface area contributed by atoms with Crippen molar-refractivity contribution in [1.29, 1.82) is 0 Å². The normalized spacial score (nSPS) is 11.8. The Balaban J connectivity index is 2.33. The van der Waals surface area contributed by atoms with Gasteiger partial charge in [-0.3, -0.25) is 0 Å². The van der Waals surface area contributed by atoms with Crippen LogP contribution in [-0.4, -0.2) is 0 Å². The molecule has 0 fully saturated rings. The number of allylic oxidation sites excluding steroid dienone is 1. The Bertz CT molecular complexity index is 756. The lowest BCUT2D eigenvalue weighted by Crippen LogP contribution is -2.29. The van der Waals surface area contributed by atoms with Crippen molar-refractivity contribution in [2.45, 2.75) is 6.92 Å². The van der Waals surface area contributed by atoms with E-state index in [2.05, 4.69) is 5.82 Å². The number of hydrogen-bond acceptors (Lipinski definition) is 0. The molecule has 4 heteroatoms. The summed E-state index contributed by atoms with van der Waals surface area (Å²) >= 11 is 0. The Morgan fingerprint density at radius 3 is 1.08 bits per heavy atom. The summed E-state index contributed by atoms with van der Waals surface area (Å²) in [4.78, 5) is 0. The van der Waals surface area contributed by atoms with Gasteiger partial charge in [-0.2, -0.15) is 0 Å². The Labute approximate surface area is 146 Å². The summed E-state index contributed by atoms with van der Waals surface area (Å²) in [5.74, 6) is 1.11. The molecular weight excluding hydrogens is 340 g/mol. The summed E-state index contributed by atoms with van der Waals surface area (Å²) in [6.45, 7) is 1.91. The van der Waals surface area contributed by atoms with Crippen LogP contribution in [0.25, 0.3) is 0 Å². The zero-order chi connectivity index (χ0) is 17.9. The minimum atomic E-state index is -2.29. The first-order valence-electron chi connectivity index (χ1n) is 7.87. The van der Waals surface area contributed by atoms with Gasteiger partial charge in [0.1, 0.15) is 40.6 Å². The molecule has 0 heterocycles. The van der Waals surface area contributed by atoms with Gasteiger partial charge in [-0.15, -0.1) is 0 Å². The van der Waals surface area contributed by atoms with Crippen molar-refractivity contribution in [2.75, 3.05) is 0 Å². The van der Waals surface area contributed by atoms with Crippen LogP contribution in [0, 0.1) is 17.5 Å². The van der Waals surface area contributed by atoms with Crippen molar-refractivity contribution < 1.29 is 13.2 Å². The second kappa shape index (κ2) is 7.25. The standard InChI is InChI=1S/C21H17F3P/c1-2-15-25(19-9-3-16(22)4-10-19,20-11-5-17(23)6-12-20)21-13-7-18(24)8-14-21/h2-15H,1H3/q+1. The van der Waals surface area contributed by atoms with E-state index in [1.165, 1.54) is 36.4 Å². The van der Waals surface area contributed by atoms with E-state index in [9.17, 15) is 13.2 Å². The van der Waals surface area contributed by atoms with Crippen LogP contribution >= 0.6 is 7.26 Å². The minimum absolute atomic E-state index is 0.319. The summed E-state index contributed by atoms with van der Waals surface area (Å²) in [7, 11) is -2.29. The lowest BCUT2D eigenvalue weighted by molar-refractivity contribution is 0.628. The lowest BCUT2D eigenvalue weighted by atomic mass is 10.3. The van der Waals surface area contributed by atoms with Crippen molar-refractivity contribution in [1.82, 2.24) is 0 Å². The summed E-state index contributed by atoms with van der Waals surface area (Å²) in [6, 6.07) is 19.0. The van der Waals surface area contributed by atoms with Crippen LogP contribution in [0.5, 0.6) is 0 Å². The van der Waals surface area contributed by atoms with Gasteiger partial charge in [0.2, 0.25) is 0 Å². The molecular formula is C21H17F3P+. The predicted octanol–water partition coefficient (Wildman–Crippen LogP) is 4.93. The third kappa shape index (κ3) is 3.38. The molecule has 0 aromatic heterocycles. The van der Waals surface area contributed by atoms with Crippen LogP contribution in [0.3, 0.4) is 0 Å². The third-order valence-electron chi connectivity index (χ3n) is 4.07. The van der Waals surface area contributed by atoms with Gasteiger partial charge in [0.25, 0.3) is 0 Å². The monoisotopic (exact) mass is 357 g/mol. The van der Waals surface area contributed by atoms with Crippen LogP contribution in [0.1, 0.15) is 6.92 Å². The van der Waals surface area contributed by atoms with Crippen molar-refractivity contribution in [3.8, 4) is 0 Å². The molecule has 0 bridgehead atoms. The van der Waals surface area contributed by atoms with Crippen LogP contribution in [-0.2, 0) is 0 Å². The first-order chi connectivity index (χ1) is 12.1. The molecule has 0 radical (unpaired) electrons. The molecule has 0 aliphatic heterocycles. The van der Waals surface area contributed by atoms with Gasteiger partial charge in [-0.1, -0.05) is 6.08 Å². The number of rotatable bonds is 4. The van der Waals surface area contributed by atoms with E-state index < -0.39 is 7.26 Å². The number of halogens is 3. The average molecular weight is 357 g/mol. The highest BCUT2D eigenvalue weighted by Gasteiger charge is 2.43. The summed E-state index contributed by atoms with van der Waals surface area (Å²) < 4.78 is 40.4. The van der Waals surface area contributed by atoms with E-state index in [1.807, 2.05) is 13.0 Å². The molecule has 25 heavy (non-hydrogen) atoms. The maximum absolute atomic E-state index is 13.5. The third-order valence-corrected chi connectivity index (χ3v) is 8.16. The van der Waals surface area contributed by atoms with Crippen LogP contribution in [0.4, 0.5) is 13.2 Å². The van der Waals surface area contributed by atoms with Gasteiger partial charge in [0.15, 0.2) is 0 Å². The summed E-state index contributed by atoms with van der Waals surface area (Å²) in [5, 5.41) is 2.76. The van der Waals surface area contributed by atoms with Gasteiger partial charge in [-0.05, 0) is 79.7 Å². The van der Waals surface area contributed by atoms with Gasteiger partial charge in [-0.25, -0.2) is 13.2 Å². The van der Waals surface area contributed by atoms with Crippen molar-refractivity contribution >= 4 is 23.2 Å². The molecule has 3 aromatic carbocycles. The van der Waals surface area contributed by atoms with Crippen LogP contribution in [0.2, 0.25) is 0 Å². The minimum Gasteiger partial charge on any atom is -0.207 e. The molecule has 0 aliphatic rings. The second-order valence-electron chi connectivity index (χ2n) is 5.63. The molecule has 3 rings (SSSR count). The molecule has 0 N–H and O–H groups in total. The smallest absolute Gasteiger partial charge is 0.136 e. The highest BCUT2D eigenvalue weighted by atomic mass is 31.2. The van der Waals surface area contributed by atoms with E-state index >= 15 is 0 Å². The molecule has 0 spiro atoms. The first kappa shape index (κ1) is 17.4. The maximum atomic E-state index is 13.5. The molecule has 0 unspecified atom stereocenters. The van der Waals surface area contributed by atoms with E-state index in [-0.39, 0.29) is 17.5 Å². The SMILES string of the molecule is CC=C[P+](c1ccc(F)cc1)(c1ccc(F)cc1)c1ccc(F)cc1. The lowest BCUT2D eigenvalue weighted by Gasteiger charge is -2.24. The Morgan fingerprint density at radius 2 is 0.840 bits per heavy atom. The van der Waals surface area contributed by atoms with Gasteiger partial charge in [0, 0.05) is 0 Å². The number of hydrogen-bond donors (Lipinski definition) is 0. The van der Waals surface area contributed by atoms with E-state index in [0.29, 0.717) is 0 Å². The Kier molecular flexibility index (Phi) is 5.06. The van der Waals surface area contributed by atoms with Gasteiger partial charge < -0.3 is 0 Å². The molecule has 0 atom stereocenters. The van der Waals surface area contributed by atoms with Gasteiger partial charge >= 0.3 is 0 Å². The topological polar surface area (TPSA) is 0 Å². The van der Waals surface area contributed by atoms with Crippen LogP contribution < -0.4 is 15.9 Å². The van der Waals surface area contributed by atoms with E-state index in [4.69, 9.17) is 0 Å². The average Bonchev–Trinajstić information content (AvgIpc) is 2.62. The molecule has 3 aromatic rings. The highest BCUT2D eigenvalue weighted by Crippen LogP contribution is 2.56. The summed E-state index contributed by atoms with van der Waals surface area (Å²) in [5.41, 5.74) is 0. The summed E-state index contributed by atoms with van der Waals surface area (Å²) in [6.07, 6.45) is 1.93. The second-order valence-corrected chi connectivity index (χ2v) is 8.93. The first-order valence-corrected chi connectivity index (χ1v) is 9.73. The molecule has 0 amide bonds. The fraction of sp³-hybridized carbons (Fsp3) is 0.0476. The molecule has 0 nitrogen and oxygen atoms in total. The zero-order valence-corrected chi connectivity index (χ0v) is 14.6. The fourth-order valence-corrected chi connectivity index (χ4v) is 6.67. The fourth-order valence-electron chi connectivity index (χ4n) is 2.96. The molecule has 126 valence electrons. The Hall–Kier alpha value is -2.38. The highest BCUT2D eigenvalue weighted by molar-refractivity contribution is 7.98. The molecule has 0 aliphatic carbocycles. The van der Waals surface area contributed by atoms with Gasteiger partial charge in [0.05, 0.1) is 5.82 Å². The molecule has 0 saturated carbocycles. The predicted molar refractivity (Wildman–Crippen MR) is 99.8 cm³/mol. The maximum Gasteiger partial charge on any atom is 0.136 e. The number of benzene rings is 3. The zero-order valence-electron chi connectivity index (χ0n) is 13.7. The largest absolute Gasteiger partial charge is 0.207 e. The van der Waals surface area contributed by atoms with Crippen molar-refractivity contribution in [3.05, 3.63) is 102 Å². The van der Waals surface area contributed by atoms with Crippen molar-refractivity contribution in [2.24, 2.45) is 0 Å². The Morgan fingerprint density at radius 1 is 0.560 bits per heavy atom. The van der Waals surface area contributed by atoms with E-state index in [1.54, 1.807) is 36.4 Å². The molecule has 0 saturated heterocycles. The van der Waals surface area contributed by atoms with Crippen LogP contribution in [0.15, 0.2) is 84.7 Å². The quantitative estimate of drug-likeness (QED) is 0.581.